The highest BCUT2D eigenvalue weighted by Gasteiger charge is 2.30. The minimum atomic E-state index is -3.94. The van der Waals surface area contributed by atoms with Crippen LogP contribution in [0.2, 0.25) is 0 Å². The SMILES string of the molecule is O=[N+]([O-])c1ccc(Nc2cnn(C[C@@H]3CCCO3)c2)c(S(=O)(=O)N2CCOCC2)c1. The molecule has 12 heteroatoms. The molecule has 2 aliphatic heterocycles. The lowest BCUT2D eigenvalue weighted by Gasteiger charge is -2.26. The Hall–Kier alpha value is -2.54. The zero-order valence-corrected chi connectivity index (χ0v) is 17.1. The fourth-order valence-corrected chi connectivity index (χ4v) is 5.12. The minimum Gasteiger partial charge on any atom is -0.379 e. The van der Waals surface area contributed by atoms with Gasteiger partial charge in [0.05, 0.1) is 48.4 Å². The van der Waals surface area contributed by atoms with Gasteiger partial charge in [-0.3, -0.25) is 14.8 Å². The van der Waals surface area contributed by atoms with Crippen LogP contribution < -0.4 is 5.32 Å². The molecule has 1 aromatic heterocycles. The quantitative estimate of drug-likeness (QED) is 0.512. The van der Waals surface area contributed by atoms with E-state index in [-0.39, 0.29) is 48.7 Å². The summed E-state index contributed by atoms with van der Waals surface area (Å²) in [6.45, 7) is 2.33. The highest BCUT2D eigenvalue weighted by atomic mass is 32.2. The molecule has 1 aromatic carbocycles. The largest absolute Gasteiger partial charge is 0.379 e. The molecule has 3 heterocycles. The summed E-state index contributed by atoms with van der Waals surface area (Å²) in [4.78, 5) is 10.5. The molecule has 2 fully saturated rings. The van der Waals surface area contributed by atoms with Crippen molar-refractivity contribution in [2.24, 2.45) is 0 Å². The van der Waals surface area contributed by atoms with Gasteiger partial charge in [-0.15, -0.1) is 0 Å². The van der Waals surface area contributed by atoms with Crippen LogP contribution in [0.4, 0.5) is 17.1 Å². The van der Waals surface area contributed by atoms with Crippen LogP contribution in [0.5, 0.6) is 0 Å². The van der Waals surface area contributed by atoms with E-state index in [4.69, 9.17) is 9.47 Å². The van der Waals surface area contributed by atoms with Gasteiger partial charge >= 0.3 is 0 Å². The van der Waals surface area contributed by atoms with Gasteiger partial charge in [0.2, 0.25) is 10.0 Å². The molecule has 2 aliphatic rings. The second kappa shape index (κ2) is 8.68. The average Bonchev–Trinajstić information content (AvgIpc) is 3.41. The van der Waals surface area contributed by atoms with Crippen molar-refractivity contribution >= 4 is 27.1 Å². The number of nitro groups is 1. The summed E-state index contributed by atoms with van der Waals surface area (Å²) in [6.07, 6.45) is 5.47. The average molecular weight is 437 g/mol. The first-order chi connectivity index (χ1) is 14.4. The Morgan fingerprint density at radius 3 is 2.77 bits per heavy atom. The summed E-state index contributed by atoms with van der Waals surface area (Å²) in [6, 6.07) is 3.77. The molecule has 30 heavy (non-hydrogen) atoms. The Kier molecular flexibility index (Phi) is 5.99. The first-order valence-electron chi connectivity index (χ1n) is 9.71. The maximum Gasteiger partial charge on any atom is 0.270 e. The number of non-ortho nitro benzene ring substituents is 1. The standard InChI is InChI=1S/C18H23N5O6S/c24-23(25)15-3-4-17(18(10-15)30(26,27)22-5-8-28-9-6-22)20-14-11-19-21(12-14)13-16-2-1-7-29-16/h3-4,10-12,16,20H,1-2,5-9,13H2/t16-/m0/s1. The molecule has 2 saturated heterocycles. The number of hydrogen-bond donors (Lipinski definition) is 1. The zero-order valence-electron chi connectivity index (χ0n) is 16.3. The molecular weight excluding hydrogens is 414 g/mol. The molecule has 162 valence electrons. The number of morpholine rings is 1. The fourth-order valence-electron chi connectivity index (χ4n) is 3.55. The van der Waals surface area contributed by atoms with E-state index in [2.05, 4.69) is 10.4 Å². The summed E-state index contributed by atoms with van der Waals surface area (Å²) >= 11 is 0. The molecule has 1 atom stereocenters. The van der Waals surface area contributed by atoms with Crippen molar-refractivity contribution in [3.05, 3.63) is 40.7 Å². The van der Waals surface area contributed by atoms with Gasteiger partial charge < -0.3 is 14.8 Å². The fraction of sp³-hybridized carbons (Fsp3) is 0.500. The van der Waals surface area contributed by atoms with Gasteiger partial charge in [-0.05, 0) is 18.9 Å². The predicted molar refractivity (Wildman–Crippen MR) is 107 cm³/mol. The molecule has 0 spiro atoms. The molecule has 0 saturated carbocycles. The molecule has 11 nitrogen and oxygen atoms in total. The van der Waals surface area contributed by atoms with Crippen LogP contribution in [0.25, 0.3) is 0 Å². The van der Waals surface area contributed by atoms with Crippen molar-refractivity contribution in [2.75, 3.05) is 38.2 Å². The first-order valence-corrected chi connectivity index (χ1v) is 11.1. The van der Waals surface area contributed by atoms with Crippen molar-refractivity contribution in [3.8, 4) is 0 Å². The highest BCUT2D eigenvalue weighted by Crippen LogP contribution is 2.31. The molecule has 0 amide bonds. The summed E-state index contributed by atoms with van der Waals surface area (Å²) in [5.74, 6) is 0. The van der Waals surface area contributed by atoms with Crippen molar-refractivity contribution in [1.29, 1.82) is 0 Å². The third-order valence-corrected chi connectivity index (χ3v) is 7.03. The van der Waals surface area contributed by atoms with Gasteiger partial charge in [-0.2, -0.15) is 9.40 Å². The number of rotatable bonds is 7. The lowest BCUT2D eigenvalue weighted by Crippen LogP contribution is -2.40. The Morgan fingerprint density at radius 1 is 1.27 bits per heavy atom. The van der Waals surface area contributed by atoms with E-state index in [0.717, 1.165) is 25.5 Å². The Balaban J connectivity index is 1.61. The van der Waals surface area contributed by atoms with Crippen LogP contribution in [0.3, 0.4) is 0 Å². The molecule has 2 aromatic rings. The van der Waals surface area contributed by atoms with Gasteiger partial charge in [0.1, 0.15) is 4.90 Å². The van der Waals surface area contributed by atoms with E-state index in [1.807, 2.05) is 0 Å². The summed E-state index contributed by atoms with van der Waals surface area (Å²) in [5, 5.41) is 18.6. The monoisotopic (exact) mass is 437 g/mol. The molecule has 4 rings (SSSR count). The molecule has 0 radical (unpaired) electrons. The van der Waals surface area contributed by atoms with Crippen molar-refractivity contribution in [1.82, 2.24) is 14.1 Å². The minimum absolute atomic E-state index is 0.120. The number of ether oxygens (including phenoxy) is 2. The number of hydrogen-bond acceptors (Lipinski definition) is 8. The van der Waals surface area contributed by atoms with Crippen LogP contribution in [0.15, 0.2) is 35.5 Å². The molecule has 1 N–H and O–H groups in total. The van der Waals surface area contributed by atoms with Crippen molar-refractivity contribution < 1.29 is 22.8 Å². The van der Waals surface area contributed by atoms with Crippen LogP contribution in [-0.4, -0.2) is 66.4 Å². The maximum absolute atomic E-state index is 13.2. The van der Waals surface area contributed by atoms with Crippen molar-refractivity contribution in [3.63, 3.8) is 0 Å². The molecule has 0 aliphatic carbocycles. The highest BCUT2D eigenvalue weighted by molar-refractivity contribution is 7.89. The van der Waals surface area contributed by atoms with Gasteiger partial charge in [0.25, 0.3) is 5.69 Å². The second-order valence-electron chi connectivity index (χ2n) is 7.17. The first kappa shape index (κ1) is 20.7. The van der Waals surface area contributed by atoms with Gasteiger partial charge in [-0.25, -0.2) is 8.42 Å². The third-order valence-electron chi connectivity index (χ3n) is 5.09. The van der Waals surface area contributed by atoms with E-state index in [1.165, 1.54) is 16.4 Å². The smallest absolute Gasteiger partial charge is 0.270 e. The number of aromatic nitrogens is 2. The maximum atomic E-state index is 13.2. The van der Waals surface area contributed by atoms with Crippen molar-refractivity contribution in [2.45, 2.75) is 30.4 Å². The third kappa shape index (κ3) is 4.46. The number of benzene rings is 1. The Labute approximate surface area is 173 Å². The lowest BCUT2D eigenvalue weighted by atomic mass is 10.2. The van der Waals surface area contributed by atoms with E-state index < -0.39 is 14.9 Å². The Bertz CT molecular complexity index is 1010. The normalized spacial score (nSPS) is 20.3. The van der Waals surface area contributed by atoms with Crippen LogP contribution in [0.1, 0.15) is 12.8 Å². The van der Waals surface area contributed by atoms with Gasteiger partial charge in [0, 0.05) is 38.0 Å². The van der Waals surface area contributed by atoms with Crippen LogP contribution >= 0.6 is 0 Å². The molecular formula is C18H23N5O6S. The number of nitro benzene ring substituents is 1. The van der Waals surface area contributed by atoms with Gasteiger partial charge in [-0.1, -0.05) is 0 Å². The Morgan fingerprint density at radius 2 is 2.07 bits per heavy atom. The van der Waals surface area contributed by atoms with Crippen LogP contribution in [-0.2, 0) is 26.0 Å². The van der Waals surface area contributed by atoms with E-state index >= 15 is 0 Å². The molecule has 0 bridgehead atoms. The second-order valence-corrected chi connectivity index (χ2v) is 9.07. The molecule has 0 unspecified atom stereocenters. The summed E-state index contributed by atoms with van der Waals surface area (Å²) < 4.78 is 40.2. The predicted octanol–water partition coefficient (Wildman–Crippen LogP) is 1.73. The number of nitrogens with zero attached hydrogens (tertiary/aromatic N) is 4. The number of anilines is 2. The number of sulfonamides is 1. The summed E-state index contributed by atoms with van der Waals surface area (Å²) in [5.41, 5.74) is 0.547. The van der Waals surface area contributed by atoms with Crippen LogP contribution in [0, 0.1) is 10.1 Å². The van der Waals surface area contributed by atoms with Gasteiger partial charge in [0.15, 0.2) is 0 Å². The van der Waals surface area contributed by atoms with E-state index in [1.54, 1.807) is 17.1 Å². The summed E-state index contributed by atoms with van der Waals surface area (Å²) in [7, 11) is -3.94. The lowest BCUT2D eigenvalue weighted by molar-refractivity contribution is -0.385. The number of nitrogens with one attached hydrogen (secondary N) is 1. The topological polar surface area (TPSA) is 129 Å². The van der Waals surface area contributed by atoms with E-state index in [9.17, 15) is 18.5 Å². The van der Waals surface area contributed by atoms with E-state index in [0.29, 0.717) is 12.2 Å². The zero-order chi connectivity index (χ0) is 21.1.